The first kappa shape index (κ1) is 16.1. The highest BCUT2D eigenvalue weighted by molar-refractivity contribution is 7.09. The van der Waals surface area contributed by atoms with Gasteiger partial charge in [0.05, 0.1) is 23.5 Å². The molecule has 122 valence electrons. The number of carbonyl (C=O) groups excluding carboxylic acids is 1. The third-order valence-corrected chi connectivity index (χ3v) is 4.22. The first-order chi connectivity index (χ1) is 11.8. The first-order valence-corrected chi connectivity index (χ1v) is 8.29. The lowest BCUT2D eigenvalue weighted by molar-refractivity contribution is 0.0950. The van der Waals surface area contributed by atoms with Gasteiger partial charge in [-0.3, -0.25) is 9.78 Å². The molecule has 0 aromatic carbocycles. The van der Waals surface area contributed by atoms with Gasteiger partial charge < -0.3 is 10.1 Å². The van der Waals surface area contributed by atoms with Crippen LogP contribution in [0.1, 0.15) is 15.4 Å². The number of carbonyl (C=O) groups is 1. The topological polar surface area (TPSA) is 77.0 Å². The Labute approximate surface area is 143 Å². The fourth-order valence-corrected chi connectivity index (χ4v) is 2.95. The Balaban J connectivity index is 1.57. The van der Waals surface area contributed by atoms with Crippen LogP contribution in [-0.2, 0) is 6.42 Å². The second-order valence-corrected chi connectivity index (χ2v) is 5.85. The van der Waals surface area contributed by atoms with Crippen LogP contribution >= 0.6 is 11.3 Å². The summed E-state index contributed by atoms with van der Waals surface area (Å²) in [5.41, 5.74) is 2.13. The lowest BCUT2D eigenvalue weighted by Crippen LogP contribution is -2.26. The van der Waals surface area contributed by atoms with Gasteiger partial charge in [0.2, 0.25) is 5.88 Å². The minimum atomic E-state index is -0.207. The maximum absolute atomic E-state index is 12.2. The molecular formula is C17H16N4O2S. The van der Waals surface area contributed by atoms with Gasteiger partial charge in [-0.05, 0) is 24.3 Å². The summed E-state index contributed by atoms with van der Waals surface area (Å²) in [6, 6.07) is 9.12. The van der Waals surface area contributed by atoms with Crippen molar-refractivity contribution in [1.82, 2.24) is 20.3 Å². The molecule has 3 heterocycles. The largest absolute Gasteiger partial charge is 0.480 e. The number of nitrogens with one attached hydrogen (secondary N) is 1. The molecule has 0 spiro atoms. The van der Waals surface area contributed by atoms with Crippen LogP contribution in [0.4, 0.5) is 0 Å². The van der Waals surface area contributed by atoms with E-state index in [-0.39, 0.29) is 5.91 Å². The van der Waals surface area contributed by atoms with Crippen molar-refractivity contribution in [3.8, 4) is 17.3 Å². The zero-order chi connectivity index (χ0) is 16.8. The van der Waals surface area contributed by atoms with E-state index in [1.54, 1.807) is 35.9 Å². The van der Waals surface area contributed by atoms with Gasteiger partial charge in [-0.1, -0.05) is 6.07 Å². The summed E-state index contributed by atoms with van der Waals surface area (Å²) >= 11 is 1.56. The van der Waals surface area contributed by atoms with Gasteiger partial charge in [-0.2, -0.15) is 0 Å². The normalized spacial score (nSPS) is 10.4. The number of nitrogens with zero attached hydrogens (tertiary/aromatic N) is 3. The Bertz CT molecular complexity index is 820. The highest BCUT2D eigenvalue weighted by Crippen LogP contribution is 2.19. The fraction of sp³-hybridized carbons (Fsp3) is 0.176. The number of amides is 1. The first-order valence-electron chi connectivity index (χ1n) is 7.41. The molecule has 0 unspecified atom stereocenters. The average molecular weight is 340 g/mol. The maximum Gasteiger partial charge on any atom is 0.256 e. The van der Waals surface area contributed by atoms with Crippen molar-refractivity contribution in [2.75, 3.05) is 13.7 Å². The lowest BCUT2D eigenvalue weighted by atomic mass is 10.2. The van der Waals surface area contributed by atoms with Gasteiger partial charge in [0.1, 0.15) is 5.56 Å². The van der Waals surface area contributed by atoms with Crippen LogP contribution in [0, 0.1) is 0 Å². The number of pyridine rings is 2. The van der Waals surface area contributed by atoms with Crippen molar-refractivity contribution in [2.45, 2.75) is 6.42 Å². The molecule has 0 fully saturated rings. The van der Waals surface area contributed by atoms with Gasteiger partial charge in [-0.15, -0.1) is 11.3 Å². The molecule has 7 heteroatoms. The van der Waals surface area contributed by atoms with Crippen LogP contribution in [0.2, 0.25) is 0 Å². The molecule has 0 aliphatic rings. The Kier molecular flexibility index (Phi) is 5.12. The van der Waals surface area contributed by atoms with Crippen molar-refractivity contribution < 1.29 is 9.53 Å². The molecule has 0 bridgehead atoms. The zero-order valence-electron chi connectivity index (χ0n) is 13.1. The molecule has 0 aliphatic carbocycles. The number of aromatic nitrogens is 3. The number of hydrogen-bond donors (Lipinski definition) is 1. The van der Waals surface area contributed by atoms with Gasteiger partial charge in [0.25, 0.3) is 5.91 Å². The van der Waals surface area contributed by atoms with E-state index in [1.807, 2.05) is 23.6 Å². The molecule has 0 radical (unpaired) electrons. The van der Waals surface area contributed by atoms with Gasteiger partial charge in [0, 0.05) is 30.7 Å². The molecular weight excluding hydrogens is 324 g/mol. The van der Waals surface area contributed by atoms with Crippen molar-refractivity contribution in [3.05, 3.63) is 58.7 Å². The summed E-state index contributed by atoms with van der Waals surface area (Å²) < 4.78 is 5.09. The highest BCUT2D eigenvalue weighted by Gasteiger charge is 2.12. The van der Waals surface area contributed by atoms with E-state index < -0.39 is 0 Å². The number of methoxy groups -OCH3 is 1. The van der Waals surface area contributed by atoms with Crippen LogP contribution in [-0.4, -0.2) is 34.5 Å². The van der Waals surface area contributed by atoms with Crippen LogP contribution in [0.5, 0.6) is 5.88 Å². The third-order valence-electron chi connectivity index (χ3n) is 3.31. The second-order valence-electron chi connectivity index (χ2n) is 4.91. The molecule has 6 nitrogen and oxygen atoms in total. The van der Waals surface area contributed by atoms with Crippen LogP contribution < -0.4 is 10.1 Å². The smallest absolute Gasteiger partial charge is 0.256 e. The molecule has 3 rings (SSSR count). The summed E-state index contributed by atoms with van der Waals surface area (Å²) in [6.45, 7) is 0.492. The number of thiazole rings is 1. The minimum absolute atomic E-state index is 0.207. The fourth-order valence-electron chi connectivity index (χ4n) is 2.16. The summed E-state index contributed by atoms with van der Waals surface area (Å²) in [5, 5.41) is 5.79. The summed E-state index contributed by atoms with van der Waals surface area (Å²) in [5.74, 6) is 0.114. The Hall–Kier alpha value is -2.80. The van der Waals surface area contributed by atoms with E-state index in [4.69, 9.17) is 4.74 Å². The van der Waals surface area contributed by atoms with Gasteiger partial charge >= 0.3 is 0 Å². The second kappa shape index (κ2) is 7.65. The van der Waals surface area contributed by atoms with Crippen molar-refractivity contribution in [2.24, 2.45) is 0 Å². The minimum Gasteiger partial charge on any atom is -0.480 e. The average Bonchev–Trinajstić information content (AvgIpc) is 3.11. The van der Waals surface area contributed by atoms with E-state index in [0.717, 1.165) is 16.4 Å². The van der Waals surface area contributed by atoms with Gasteiger partial charge in [-0.25, -0.2) is 9.97 Å². The number of rotatable bonds is 6. The molecule has 24 heavy (non-hydrogen) atoms. The molecule has 3 aromatic heterocycles. The quantitative estimate of drug-likeness (QED) is 0.746. The Morgan fingerprint density at radius 2 is 2.04 bits per heavy atom. The molecule has 0 aliphatic heterocycles. The SMILES string of the molecule is COc1ncccc1C(=O)NCCc1nc(-c2ccccn2)cs1. The lowest BCUT2D eigenvalue weighted by Gasteiger charge is -2.07. The summed E-state index contributed by atoms with van der Waals surface area (Å²) in [6.07, 6.45) is 3.99. The Morgan fingerprint density at radius 1 is 1.17 bits per heavy atom. The number of ether oxygens (including phenoxy) is 1. The van der Waals surface area contributed by atoms with E-state index in [2.05, 4.69) is 20.3 Å². The molecule has 0 saturated heterocycles. The highest BCUT2D eigenvalue weighted by atomic mass is 32.1. The van der Waals surface area contributed by atoms with E-state index in [9.17, 15) is 4.79 Å². The summed E-state index contributed by atoms with van der Waals surface area (Å²) in [4.78, 5) is 25.0. The molecule has 0 saturated carbocycles. The maximum atomic E-state index is 12.2. The molecule has 1 amide bonds. The van der Waals surface area contributed by atoms with Crippen molar-refractivity contribution >= 4 is 17.2 Å². The summed E-state index contributed by atoms with van der Waals surface area (Å²) in [7, 11) is 1.49. The standard InChI is InChI=1S/C17H16N4O2S/c1-23-17-12(5-4-9-20-17)16(22)19-10-7-15-21-14(11-24-15)13-6-2-3-8-18-13/h2-6,8-9,11H,7,10H2,1H3,(H,19,22). The zero-order valence-corrected chi connectivity index (χ0v) is 13.9. The third kappa shape index (κ3) is 3.75. The van der Waals surface area contributed by atoms with Gasteiger partial charge in [0.15, 0.2) is 0 Å². The molecule has 0 atom stereocenters. The van der Waals surface area contributed by atoms with Crippen LogP contribution in [0.25, 0.3) is 11.4 Å². The number of hydrogen-bond acceptors (Lipinski definition) is 6. The van der Waals surface area contributed by atoms with E-state index in [1.165, 1.54) is 7.11 Å². The molecule has 3 aromatic rings. The van der Waals surface area contributed by atoms with Crippen LogP contribution in [0.3, 0.4) is 0 Å². The molecule has 1 N–H and O–H groups in total. The predicted molar refractivity (Wildman–Crippen MR) is 92.2 cm³/mol. The monoisotopic (exact) mass is 340 g/mol. The predicted octanol–water partition coefficient (Wildman–Crippen LogP) is 2.58. The van der Waals surface area contributed by atoms with Crippen LogP contribution in [0.15, 0.2) is 48.1 Å². The van der Waals surface area contributed by atoms with Crippen molar-refractivity contribution in [1.29, 1.82) is 0 Å². The Morgan fingerprint density at radius 3 is 2.83 bits per heavy atom. The van der Waals surface area contributed by atoms with E-state index >= 15 is 0 Å². The van der Waals surface area contributed by atoms with Crippen molar-refractivity contribution in [3.63, 3.8) is 0 Å². The van der Waals surface area contributed by atoms with E-state index in [0.29, 0.717) is 24.4 Å².